The van der Waals surface area contributed by atoms with Gasteiger partial charge >= 0.3 is 11.9 Å². The van der Waals surface area contributed by atoms with Crippen molar-refractivity contribution in [3.63, 3.8) is 0 Å². The molecule has 1 aromatic rings. The normalized spacial score (nSPS) is 11.4. The van der Waals surface area contributed by atoms with Crippen LogP contribution >= 0.6 is 0 Å². The molecule has 1 aromatic carbocycles. The molecular formula is C15H20O5. The summed E-state index contributed by atoms with van der Waals surface area (Å²) in [6.07, 6.45) is -0.0375. The standard InChI is InChI=1S/C15H20O5/c1-15(2,3)9-20-11-6-4-10(5-7-11)8-12(13(16)17)14(18)19/h4-7,12H,8-9H2,1-3H3,(H,16,17)(H,18,19). The number of benzene rings is 1. The first-order valence-corrected chi connectivity index (χ1v) is 6.36. The van der Waals surface area contributed by atoms with Gasteiger partial charge in [-0.05, 0) is 29.5 Å². The van der Waals surface area contributed by atoms with Crippen molar-refractivity contribution in [3.8, 4) is 5.75 Å². The van der Waals surface area contributed by atoms with Crippen LogP contribution in [0, 0.1) is 11.3 Å². The maximum atomic E-state index is 10.8. The van der Waals surface area contributed by atoms with Gasteiger partial charge in [0.15, 0.2) is 5.92 Å². The second kappa shape index (κ2) is 6.41. The van der Waals surface area contributed by atoms with E-state index in [0.29, 0.717) is 17.9 Å². The van der Waals surface area contributed by atoms with Crippen LogP contribution in [0.3, 0.4) is 0 Å². The number of hydrogen-bond acceptors (Lipinski definition) is 3. The molecule has 110 valence electrons. The molecule has 0 heterocycles. The van der Waals surface area contributed by atoms with Crippen molar-refractivity contribution in [2.75, 3.05) is 6.61 Å². The fourth-order valence-electron chi connectivity index (χ4n) is 1.54. The molecule has 0 unspecified atom stereocenters. The van der Waals surface area contributed by atoms with Crippen molar-refractivity contribution in [3.05, 3.63) is 29.8 Å². The number of rotatable bonds is 6. The van der Waals surface area contributed by atoms with Crippen molar-refractivity contribution in [2.45, 2.75) is 27.2 Å². The molecule has 0 aromatic heterocycles. The van der Waals surface area contributed by atoms with Gasteiger partial charge < -0.3 is 14.9 Å². The maximum Gasteiger partial charge on any atom is 0.318 e. The minimum absolute atomic E-state index is 0.0375. The summed E-state index contributed by atoms with van der Waals surface area (Å²) in [4.78, 5) is 21.6. The summed E-state index contributed by atoms with van der Waals surface area (Å²) in [5.41, 5.74) is 0.707. The van der Waals surface area contributed by atoms with E-state index in [1.165, 1.54) is 0 Å². The monoisotopic (exact) mass is 280 g/mol. The lowest BCUT2D eigenvalue weighted by atomic mass is 9.98. The van der Waals surface area contributed by atoms with E-state index in [9.17, 15) is 9.59 Å². The molecule has 0 atom stereocenters. The van der Waals surface area contributed by atoms with Gasteiger partial charge in [-0.2, -0.15) is 0 Å². The highest BCUT2D eigenvalue weighted by atomic mass is 16.5. The van der Waals surface area contributed by atoms with E-state index in [4.69, 9.17) is 14.9 Å². The van der Waals surface area contributed by atoms with E-state index in [1.54, 1.807) is 24.3 Å². The summed E-state index contributed by atoms with van der Waals surface area (Å²) in [6, 6.07) is 6.83. The zero-order chi connectivity index (χ0) is 15.3. The predicted octanol–water partition coefficient (Wildman–Crippen LogP) is 2.44. The largest absolute Gasteiger partial charge is 0.493 e. The average Bonchev–Trinajstić information content (AvgIpc) is 2.33. The summed E-state index contributed by atoms with van der Waals surface area (Å²) >= 11 is 0. The lowest BCUT2D eigenvalue weighted by Crippen LogP contribution is -2.25. The van der Waals surface area contributed by atoms with E-state index in [0.717, 1.165) is 0 Å². The third-order valence-electron chi connectivity index (χ3n) is 2.63. The lowest BCUT2D eigenvalue weighted by molar-refractivity contribution is -0.154. The van der Waals surface area contributed by atoms with Crippen molar-refractivity contribution < 1.29 is 24.5 Å². The van der Waals surface area contributed by atoms with Crippen molar-refractivity contribution in [1.29, 1.82) is 0 Å². The second-order valence-electron chi connectivity index (χ2n) is 5.93. The second-order valence-corrected chi connectivity index (χ2v) is 5.93. The third kappa shape index (κ3) is 5.30. The SMILES string of the molecule is CC(C)(C)COc1ccc(CC(C(=O)O)C(=O)O)cc1. The fraction of sp³-hybridized carbons (Fsp3) is 0.467. The lowest BCUT2D eigenvalue weighted by Gasteiger charge is -2.19. The topological polar surface area (TPSA) is 83.8 Å². The smallest absolute Gasteiger partial charge is 0.318 e. The van der Waals surface area contributed by atoms with Crippen molar-refractivity contribution >= 4 is 11.9 Å². The Morgan fingerprint density at radius 2 is 1.60 bits per heavy atom. The Morgan fingerprint density at radius 3 is 2.00 bits per heavy atom. The molecule has 0 fully saturated rings. The highest BCUT2D eigenvalue weighted by molar-refractivity contribution is 5.93. The van der Waals surface area contributed by atoms with Crippen LogP contribution in [0.4, 0.5) is 0 Å². The van der Waals surface area contributed by atoms with Gasteiger partial charge in [-0.25, -0.2) is 0 Å². The molecule has 0 spiro atoms. The van der Waals surface area contributed by atoms with Crippen LogP contribution in [0.15, 0.2) is 24.3 Å². The molecule has 5 heteroatoms. The van der Waals surface area contributed by atoms with E-state index >= 15 is 0 Å². The number of carboxylic acid groups (broad SMARTS) is 2. The Labute approximate surface area is 118 Å². The molecule has 20 heavy (non-hydrogen) atoms. The van der Waals surface area contributed by atoms with E-state index in [-0.39, 0.29) is 11.8 Å². The van der Waals surface area contributed by atoms with Gasteiger partial charge in [0.1, 0.15) is 5.75 Å². The first-order chi connectivity index (χ1) is 9.19. The number of aliphatic carboxylic acids is 2. The van der Waals surface area contributed by atoms with Crippen molar-refractivity contribution in [1.82, 2.24) is 0 Å². The van der Waals surface area contributed by atoms with Crippen LogP contribution in [-0.4, -0.2) is 28.8 Å². The summed E-state index contributed by atoms with van der Waals surface area (Å²) in [6.45, 7) is 6.75. The molecule has 0 aliphatic heterocycles. The van der Waals surface area contributed by atoms with Crippen LogP contribution in [-0.2, 0) is 16.0 Å². The van der Waals surface area contributed by atoms with E-state index in [1.807, 2.05) is 0 Å². The Bertz CT molecular complexity index is 456. The van der Waals surface area contributed by atoms with Crippen LogP contribution in [0.1, 0.15) is 26.3 Å². The Hall–Kier alpha value is -2.04. The van der Waals surface area contributed by atoms with Crippen molar-refractivity contribution in [2.24, 2.45) is 11.3 Å². The molecule has 0 aliphatic carbocycles. The molecule has 0 aliphatic rings. The molecule has 0 bridgehead atoms. The highest BCUT2D eigenvalue weighted by Gasteiger charge is 2.25. The van der Waals surface area contributed by atoms with Crippen LogP contribution in [0.25, 0.3) is 0 Å². The number of carboxylic acids is 2. The quantitative estimate of drug-likeness (QED) is 0.782. The minimum atomic E-state index is -1.42. The average molecular weight is 280 g/mol. The minimum Gasteiger partial charge on any atom is -0.493 e. The Kier molecular flexibility index (Phi) is 5.13. The van der Waals surface area contributed by atoms with E-state index < -0.39 is 17.9 Å². The summed E-state index contributed by atoms with van der Waals surface area (Å²) in [5, 5.41) is 17.7. The first kappa shape index (κ1) is 16.0. The molecule has 0 amide bonds. The maximum absolute atomic E-state index is 10.8. The van der Waals surface area contributed by atoms with Gasteiger partial charge in [-0.15, -0.1) is 0 Å². The van der Waals surface area contributed by atoms with Crippen LogP contribution in [0.5, 0.6) is 5.75 Å². The molecule has 0 radical (unpaired) electrons. The van der Waals surface area contributed by atoms with Gasteiger partial charge in [0, 0.05) is 0 Å². The third-order valence-corrected chi connectivity index (χ3v) is 2.63. The van der Waals surface area contributed by atoms with Crippen LogP contribution < -0.4 is 4.74 Å². The molecule has 2 N–H and O–H groups in total. The van der Waals surface area contributed by atoms with Crippen LogP contribution in [0.2, 0.25) is 0 Å². The number of carbonyl (C=O) groups is 2. The van der Waals surface area contributed by atoms with E-state index in [2.05, 4.69) is 20.8 Å². The Morgan fingerprint density at radius 1 is 1.10 bits per heavy atom. The first-order valence-electron chi connectivity index (χ1n) is 6.36. The zero-order valence-corrected chi connectivity index (χ0v) is 11.9. The molecular weight excluding hydrogens is 260 g/mol. The van der Waals surface area contributed by atoms with Gasteiger partial charge in [0.25, 0.3) is 0 Å². The van der Waals surface area contributed by atoms with Gasteiger partial charge in [0.05, 0.1) is 6.61 Å². The predicted molar refractivity (Wildman–Crippen MR) is 73.9 cm³/mol. The molecule has 5 nitrogen and oxygen atoms in total. The summed E-state index contributed by atoms with van der Waals surface area (Å²) in [5.74, 6) is -3.39. The number of hydrogen-bond donors (Lipinski definition) is 2. The van der Waals surface area contributed by atoms with Gasteiger partial charge in [-0.3, -0.25) is 9.59 Å². The van der Waals surface area contributed by atoms with Gasteiger partial charge in [-0.1, -0.05) is 32.9 Å². The fourth-order valence-corrected chi connectivity index (χ4v) is 1.54. The molecule has 1 rings (SSSR count). The highest BCUT2D eigenvalue weighted by Crippen LogP contribution is 2.19. The number of ether oxygens (including phenoxy) is 1. The summed E-state index contributed by atoms with van der Waals surface area (Å²) in [7, 11) is 0. The zero-order valence-electron chi connectivity index (χ0n) is 11.9. The summed E-state index contributed by atoms with van der Waals surface area (Å²) < 4.78 is 5.59. The molecule has 0 saturated carbocycles. The molecule has 0 saturated heterocycles. The van der Waals surface area contributed by atoms with Gasteiger partial charge in [0.2, 0.25) is 0 Å². The Balaban J connectivity index is 2.67.